The van der Waals surface area contributed by atoms with Gasteiger partial charge in [0.2, 0.25) is 10.0 Å². The van der Waals surface area contributed by atoms with Gasteiger partial charge in [0, 0.05) is 38.6 Å². The minimum atomic E-state index is -3.38. The smallest absolute Gasteiger partial charge is 0.211 e. The zero-order valence-corrected chi connectivity index (χ0v) is 17.3. The highest BCUT2D eigenvalue weighted by Crippen LogP contribution is 2.21. The first-order valence-electron chi connectivity index (χ1n) is 9.52. The minimum Gasteiger partial charge on any atom is -0.497 e. The summed E-state index contributed by atoms with van der Waals surface area (Å²) < 4.78 is 40.6. The van der Waals surface area contributed by atoms with Gasteiger partial charge in [-0.2, -0.15) is 0 Å². The Morgan fingerprint density at radius 2 is 1.89 bits per heavy atom. The van der Waals surface area contributed by atoms with Crippen LogP contribution in [-0.4, -0.2) is 63.6 Å². The number of rotatable bonds is 9. The fourth-order valence-corrected chi connectivity index (χ4v) is 4.51. The Morgan fingerprint density at radius 1 is 1.18 bits per heavy atom. The summed E-state index contributed by atoms with van der Waals surface area (Å²) in [6, 6.07) is 11.5. The van der Waals surface area contributed by atoms with Crippen molar-refractivity contribution >= 4 is 10.0 Å². The molecule has 1 atom stereocenters. The van der Waals surface area contributed by atoms with Gasteiger partial charge >= 0.3 is 0 Å². The Balaban J connectivity index is 1.61. The highest BCUT2D eigenvalue weighted by molar-refractivity contribution is 7.89. The maximum atomic E-state index is 12.6. The molecular formula is C20H29N3O4S. The molecule has 1 saturated heterocycles. The summed E-state index contributed by atoms with van der Waals surface area (Å²) in [5, 5.41) is 0. The maximum Gasteiger partial charge on any atom is 0.211 e. The third kappa shape index (κ3) is 5.57. The molecule has 8 heteroatoms. The van der Waals surface area contributed by atoms with Crippen LogP contribution in [0.1, 0.15) is 17.3 Å². The third-order valence-electron chi connectivity index (χ3n) is 5.13. The second-order valence-electron chi connectivity index (χ2n) is 6.97. The number of sulfonamides is 1. The quantitative estimate of drug-likeness (QED) is 0.683. The van der Waals surface area contributed by atoms with Crippen molar-refractivity contribution < 1.29 is 17.9 Å². The van der Waals surface area contributed by atoms with Crippen LogP contribution in [0.4, 0.5) is 0 Å². The normalized spacial score (nSPS) is 16.8. The van der Waals surface area contributed by atoms with Gasteiger partial charge in [-0.25, -0.2) is 13.1 Å². The molecule has 2 aromatic rings. The van der Waals surface area contributed by atoms with Gasteiger partial charge < -0.3 is 14.0 Å². The Labute approximate surface area is 167 Å². The molecule has 2 heterocycles. The maximum absolute atomic E-state index is 12.6. The first-order valence-corrected chi connectivity index (χ1v) is 11.2. The van der Waals surface area contributed by atoms with Gasteiger partial charge in [0.1, 0.15) is 5.75 Å². The van der Waals surface area contributed by atoms with Crippen LogP contribution in [0.25, 0.3) is 0 Å². The predicted molar refractivity (Wildman–Crippen MR) is 109 cm³/mol. The van der Waals surface area contributed by atoms with Gasteiger partial charge in [0.05, 0.1) is 32.1 Å². The van der Waals surface area contributed by atoms with Crippen LogP contribution >= 0.6 is 0 Å². The van der Waals surface area contributed by atoms with Crippen LogP contribution in [0.3, 0.4) is 0 Å². The molecule has 7 nitrogen and oxygen atoms in total. The number of aromatic nitrogens is 1. The fraction of sp³-hybridized carbons (Fsp3) is 0.500. The largest absolute Gasteiger partial charge is 0.497 e. The molecule has 1 aromatic heterocycles. The van der Waals surface area contributed by atoms with Crippen molar-refractivity contribution in [1.29, 1.82) is 0 Å². The highest BCUT2D eigenvalue weighted by atomic mass is 32.2. The lowest BCUT2D eigenvalue weighted by molar-refractivity contribution is 0.0158. The van der Waals surface area contributed by atoms with Gasteiger partial charge in [0.15, 0.2) is 0 Å². The van der Waals surface area contributed by atoms with Crippen LogP contribution in [0.2, 0.25) is 0 Å². The Bertz CT molecular complexity index is 843. The molecule has 1 aromatic carbocycles. The van der Waals surface area contributed by atoms with Crippen LogP contribution in [-0.2, 0) is 28.2 Å². The summed E-state index contributed by atoms with van der Waals surface area (Å²) in [7, 11) is 0.218. The molecule has 1 aliphatic heterocycles. The molecule has 0 saturated carbocycles. The zero-order valence-electron chi connectivity index (χ0n) is 16.5. The van der Waals surface area contributed by atoms with Crippen LogP contribution in [0.5, 0.6) is 5.75 Å². The van der Waals surface area contributed by atoms with Crippen molar-refractivity contribution in [1.82, 2.24) is 14.2 Å². The topological polar surface area (TPSA) is 72.8 Å². The van der Waals surface area contributed by atoms with Crippen LogP contribution < -0.4 is 9.46 Å². The van der Waals surface area contributed by atoms with E-state index in [-0.39, 0.29) is 11.8 Å². The van der Waals surface area contributed by atoms with E-state index in [0.717, 1.165) is 30.1 Å². The van der Waals surface area contributed by atoms with Crippen molar-refractivity contribution in [3.8, 4) is 5.75 Å². The van der Waals surface area contributed by atoms with E-state index in [4.69, 9.17) is 9.47 Å². The number of benzene rings is 1. The minimum absolute atomic E-state index is 0.0142. The number of nitrogens with zero attached hydrogens (tertiary/aromatic N) is 2. The van der Waals surface area contributed by atoms with E-state index in [2.05, 4.69) is 9.62 Å². The molecule has 1 N–H and O–H groups in total. The van der Waals surface area contributed by atoms with E-state index < -0.39 is 10.0 Å². The number of aryl methyl sites for hydroxylation is 2. The van der Waals surface area contributed by atoms with Crippen molar-refractivity contribution in [3.63, 3.8) is 0 Å². The molecule has 154 valence electrons. The van der Waals surface area contributed by atoms with Crippen LogP contribution in [0.15, 0.2) is 42.6 Å². The summed E-state index contributed by atoms with van der Waals surface area (Å²) in [6.07, 6.45) is 2.45. The zero-order chi connectivity index (χ0) is 20.0. The second-order valence-corrected chi connectivity index (χ2v) is 8.90. The SMILES string of the molecule is COc1ccc(CCS(=O)(=O)NC[C@H](c2cccn2C)N2CCOCC2)cc1. The molecule has 3 rings (SSSR count). The van der Waals surface area contributed by atoms with Gasteiger partial charge in [-0.3, -0.25) is 4.90 Å². The Morgan fingerprint density at radius 3 is 2.50 bits per heavy atom. The Hall–Kier alpha value is -1.87. The molecule has 1 fully saturated rings. The number of morpholine rings is 1. The lowest BCUT2D eigenvalue weighted by atomic mass is 10.1. The third-order valence-corrected chi connectivity index (χ3v) is 6.47. The van der Waals surface area contributed by atoms with E-state index in [0.29, 0.717) is 26.2 Å². The van der Waals surface area contributed by atoms with E-state index in [1.807, 2.05) is 54.2 Å². The van der Waals surface area contributed by atoms with Gasteiger partial charge in [0.25, 0.3) is 0 Å². The molecule has 0 spiro atoms. The van der Waals surface area contributed by atoms with E-state index in [1.54, 1.807) is 7.11 Å². The molecule has 0 unspecified atom stereocenters. The molecule has 0 amide bonds. The first-order chi connectivity index (χ1) is 13.5. The molecular weight excluding hydrogens is 378 g/mol. The van der Waals surface area contributed by atoms with Crippen molar-refractivity contribution in [2.75, 3.05) is 45.7 Å². The predicted octanol–water partition coefficient (Wildman–Crippen LogP) is 1.57. The summed E-state index contributed by atoms with van der Waals surface area (Å²) in [5.74, 6) is 0.822. The average Bonchev–Trinajstić information content (AvgIpc) is 3.13. The summed E-state index contributed by atoms with van der Waals surface area (Å²) >= 11 is 0. The highest BCUT2D eigenvalue weighted by Gasteiger charge is 2.26. The number of methoxy groups -OCH3 is 1. The molecule has 1 aliphatic rings. The number of ether oxygens (including phenoxy) is 2. The van der Waals surface area contributed by atoms with Gasteiger partial charge in [-0.15, -0.1) is 0 Å². The van der Waals surface area contributed by atoms with Gasteiger partial charge in [-0.05, 0) is 36.2 Å². The lowest BCUT2D eigenvalue weighted by Gasteiger charge is -2.34. The van der Waals surface area contributed by atoms with E-state index in [9.17, 15) is 8.42 Å². The molecule has 0 bridgehead atoms. The van der Waals surface area contributed by atoms with Crippen LogP contribution in [0, 0.1) is 0 Å². The van der Waals surface area contributed by atoms with Crippen molar-refractivity contribution in [2.45, 2.75) is 12.5 Å². The van der Waals surface area contributed by atoms with Crippen molar-refractivity contribution in [2.24, 2.45) is 7.05 Å². The molecule has 0 aliphatic carbocycles. The molecule has 0 radical (unpaired) electrons. The standard InChI is InChI=1S/C20H29N3O4S/c1-22-10-3-4-19(22)20(23-11-13-27-14-12-23)16-21-28(24,25)15-9-17-5-7-18(26-2)8-6-17/h3-8,10,20-21H,9,11-16H2,1-2H3/t20-/m1/s1. The average molecular weight is 408 g/mol. The fourth-order valence-electron chi connectivity index (χ4n) is 3.45. The lowest BCUT2D eigenvalue weighted by Crippen LogP contribution is -2.44. The number of hydrogen-bond donors (Lipinski definition) is 1. The summed E-state index contributed by atoms with van der Waals surface area (Å²) in [4.78, 5) is 2.28. The summed E-state index contributed by atoms with van der Waals surface area (Å²) in [5.41, 5.74) is 2.07. The monoisotopic (exact) mass is 407 g/mol. The van der Waals surface area contributed by atoms with Gasteiger partial charge in [-0.1, -0.05) is 12.1 Å². The second kappa shape index (κ2) is 9.56. The number of nitrogens with one attached hydrogen (secondary N) is 1. The van der Waals surface area contributed by atoms with E-state index >= 15 is 0 Å². The first kappa shape index (κ1) is 20.9. The Kier molecular flexibility index (Phi) is 7.12. The van der Waals surface area contributed by atoms with Crippen molar-refractivity contribution in [3.05, 3.63) is 53.9 Å². The summed E-state index contributed by atoms with van der Waals surface area (Å²) in [6.45, 7) is 3.28. The van der Waals surface area contributed by atoms with E-state index in [1.165, 1.54) is 0 Å². The molecule has 28 heavy (non-hydrogen) atoms. The number of hydrogen-bond acceptors (Lipinski definition) is 5.